The maximum absolute atomic E-state index is 12.7. The number of anilines is 1. The molecule has 1 fully saturated rings. The molecule has 3 amide bonds. The van der Waals surface area contributed by atoms with Crippen molar-refractivity contribution in [1.82, 2.24) is 14.6 Å². The molecule has 2 heterocycles. The summed E-state index contributed by atoms with van der Waals surface area (Å²) in [6, 6.07) is -3.58. The molecule has 2 atom stereocenters. The molecule has 0 bridgehead atoms. The zero-order valence-electron chi connectivity index (χ0n) is 18.3. The van der Waals surface area contributed by atoms with Crippen molar-refractivity contribution < 1.29 is 71.3 Å². The van der Waals surface area contributed by atoms with Gasteiger partial charge >= 0.3 is 35.5 Å². The fourth-order valence-electron chi connectivity index (χ4n) is 2.58. The van der Waals surface area contributed by atoms with E-state index in [-0.39, 0.29) is 57.2 Å². The quantitative estimate of drug-likeness (QED) is 0.0404. The van der Waals surface area contributed by atoms with Crippen molar-refractivity contribution in [2.45, 2.75) is 31.8 Å². The average molecular weight is 548 g/mol. The number of oxime groups is 1. The van der Waals surface area contributed by atoms with Crippen molar-refractivity contribution in [3.63, 3.8) is 0 Å². The molecule has 34 heavy (non-hydrogen) atoms. The van der Waals surface area contributed by atoms with E-state index < -0.39 is 51.8 Å². The van der Waals surface area contributed by atoms with Crippen LogP contribution in [0.3, 0.4) is 0 Å². The molecule has 1 aromatic rings. The number of nitrogens with zero attached hydrogens (tertiary/aromatic N) is 3. The van der Waals surface area contributed by atoms with Gasteiger partial charge in [0.1, 0.15) is 24.7 Å². The smallest absolute Gasteiger partial charge is 0.731 e. The molecule has 0 radical (unpaired) electrons. The molecule has 182 valence electrons. The zero-order chi connectivity index (χ0) is 24.8. The normalized spacial score (nSPS) is 17.8. The summed E-state index contributed by atoms with van der Waals surface area (Å²) in [5, 5.41) is 9.48. The first kappa shape index (κ1) is 30.2. The molecule has 1 aliphatic heterocycles. The Balaban J connectivity index is 0.00000578. The minimum Gasteiger partial charge on any atom is -0.731 e. The molecule has 2 N–H and O–H groups in total. The second-order valence-electron chi connectivity index (χ2n) is 6.35. The number of thiazole rings is 1. The Morgan fingerprint density at radius 2 is 2.06 bits per heavy atom. The molecule has 1 aromatic heterocycles. The van der Waals surface area contributed by atoms with Crippen LogP contribution in [-0.4, -0.2) is 83.3 Å². The van der Waals surface area contributed by atoms with Gasteiger partial charge in [-0.25, -0.2) is 22.5 Å². The fourth-order valence-corrected chi connectivity index (χ4v) is 4.18. The maximum Gasteiger partial charge on any atom is 1.00 e. The Kier molecular flexibility index (Phi) is 11.8. The Morgan fingerprint density at radius 1 is 1.38 bits per heavy atom. The number of β-lactam (4-membered cyclic amide) rings is 1. The summed E-state index contributed by atoms with van der Waals surface area (Å²) in [4.78, 5) is 57.3. The summed E-state index contributed by atoms with van der Waals surface area (Å²) in [6.45, 7) is 1.75. The van der Waals surface area contributed by atoms with Crippen LogP contribution in [0.25, 0.3) is 0 Å². The van der Waals surface area contributed by atoms with Crippen LogP contribution in [0.4, 0.5) is 5.13 Å². The number of carbonyl (C=O) groups is 4. The molecule has 18 heteroatoms. The van der Waals surface area contributed by atoms with E-state index in [4.69, 9.17) is 16.3 Å². The first-order valence-electron chi connectivity index (χ1n) is 9.24. The molecule has 1 saturated heterocycles. The number of rotatable bonds is 11. The zero-order valence-corrected chi connectivity index (χ0v) is 22.7. The van der Waals surface area contributed by atoms with Crippen LogP contribution in [0.1, 0.15) is 25.5 Å². The van der Waals surface area contributed by atoms with Crippen molar-refractivity contribution in [3.05, 3.63) is 11.1 Å². The number of aromatic nitrogens is 1. The van der Waals surface area contributed by atoms with E-state index in [2.05, 4.69) is 25.6 Å². The standard InChI is InChI=1S/C16H20ClN5O9S2.Na/c1-3-4-5-31-15(26)12-11(14(25)22(12)33(27,28)29)20-13(24)10(21-30-2)8-7-32-16(18-8)19-9(23)6-17;/h7,11-12H,3-6H2,1-2H3,(H,20,24)(H,18,19,23)(H,27,28,29);/q;+1/p-1/t11-,12-;/m0./s1. The van der Waals surface area contributed by atoms with E-state index in [0.717, 1.165) is 18.4 Å². The predicted molar refractivity (Wildman–Crippen MR) is 113 cm³/mol. The van der Waals surface area contributed by atoms with Crippen LogP contribution in [0.15, 0.2) is 10.5 Å². The van der Waals surface area contributed by atoms with Crippen molar-refractivity contribution in [3.8, 4) is 0 Å². The van der Waals surface area contributed by atoms with E-state index >= 15 is 0 Å². The van der Waals surface area contributed by atoms with E-state index in [9.17, 15) is 32.1 Å². The average Bonchev–Trinajstić information content (AvgIpc) is 3.20. The SMILES string of the molecule is CCCCOC(=O)[C@@H]1[C@H](NC(=O)C(=NOC)c2csc(NC(=O)CCl)n2)C(=O)N1S(=O)(=O)[O-].[Na+]. The second kappa shape index (κ2) is 13.3. The second-order valence-corrected chi connectivity index (χ2v) is 8.73. The third-order valence-corrected chi connectivity index (χ3v) is 5.96. The van der Waals surface area contributed by atoms with Crippen molar-refractivity contribution in [2.75, 3.05) is 24.9 Å². The van der Waals surface area contributed by atoms with Gasteiger partial charge in [-0.3, -0.25) is 14.4 Å². The van der Waals surface area contributed by atoms with Crippen LogP contribution in [0, 0.1) is 0 Å². The minimum absolute atomic E-state index is 0. The maximum atomic E-state index is 12.7. The Hall–Kier alpha value is -1.82. The Morgan fingerprint density at radius 3 is 2.62 bits per heavy atom. The van der Waals surface area contributed by atoms with Gasteiger partial charge in [0.2, 0.25) is 5.91 Å². The van der Waals surface area contributed by atoms with Crippen molar-refractivity contribution >= 4 is 67.8 Å². The summed E-state index contributed by atoms with van der Waals surface area (Å²) >= 11 is 6.34. The Labute approximate surface area is 225 Å². The number of hydrogen-bond donors (Lipinski definition) is 2. The van der Waals surface area contributed by atoms with Gasteiger partial charge in [0, 0.05) is 5.38 Å². The molecule has 2 rings (SSSR count). The van der Waals surface area contributed by atoms with Crippen LogP contribution in [-0.2, 0) is 39.1 Å². The van der Waals surface area contributed by atoms with Gasteiger partial charge in [0.05, 0.1) is 6.61 Å². The van der Waals surface area contributed by atoms with Crippen molar-refractivity contribution in [2.24, 2.45) is 5.16 Å². The number of ether oxygens (including phenoxy) is 1. The van der Waals surface area contributed by atoms with E-state index in [1.165, 1.54) is 5.38 Å². The number of esters is 1. The molecule has 1 aliphatic rings. The number of carbonyl (C=O) groups excluding carboxylic acids is 4. The molecule has 14 nitrogen and oxygen atoms in total. The molecular formula is C16H19ClN5NaO9S2. The number of halogens is 1. The first-order chi connectivity index (χ1) is 15.5. The van der Waals surface area contributed by atoms with Gasteiger partial charge in [0.15, 0.2) is 27.2 Å². The Bertz CT molecular complexity index is 1070. The van der Waals surface area contributed by atoms with Crippen LogP contribution in [0.2, 0.25) is 0 Å². The fraction of sp³-hybridized carbons (Fsp3) is 0.500. The number of alkyl halides is 1. The summed E-state index contributed by atoms with van der Waals surface area (Å²) < 4.78 is 38.9. The van der Waals surface area contributed by atoms with Gasteiger partial charge in [-0.15, -0.1) is 22.9 Å². The summed E-state index contributed by atoms with van der Waals surface area (Å²) in [5.74, 6) is -4.42. The molecule has 0 aromatic carbocycles. The largest absolute Gasteiger partial charge is 1.00 e. The van der Waals surface area contributed by atoms with Gasteiger partial charge < -0.3 is 24.8 Å². The van der Waals surface area contributed by atoms with Crippen LogP contribution < -0.4 is 40.2 Å². The van der Waals surface area contributed by atoms with E-state index in [0.29, 0.717) is 12.8 Å². The molecular weight excluding hydrogens is 529 g/mol. The predicted octanol–water partition coefficient (Wildman–Crippen LogP) is -3.83. The number of hydrogen-bond acceptors (Lipinski definition) is 12. The third-order valence-electron chi connectivity index (χ3n) is 4.08. The number of unbranched alkanes of at least 4 members (excludes halogenated alkanes) is 1. The summed E-state index contributed by atoms with van der Waals surface area (Å²) in [5.41, 5.74) is -0.513. The monoisotopic (exact) mass is 547 g/mol. The number of amides is 3. The van der Waals surface area contributed by atoms with Gasteiger partial charge in [0.25, 0.3) is 11.8 Å². The van der Waals surface area contributed by atoms with Crippen LogP contribution >= 0.6 is 22.9 Å². The van der Waals surface area contributed by atoms with Crippen molar-refractivity contribution in [1.29, 1.82) is 0 Å². The molecule has 0 aliphatic carbocycles. The molecule has 0 spiro atoms. The molecule has 0 saturated carbocycles. The summed E-state index contributed by atoms with van der Waals surface area (Å²) in [6.07, 6.45) is 1.13. The topological polar surface area (TPSA) is 196 Å². The van der Waals surface area contributed by atoms with Gasteiger partial charge in [-0.05, 0) is 6.42 Å². The van der Waals surface area contributed by atoms with Gasteiger partial charge in [-0.2, -0.15) is 0 Å². The van der Waals surface area contributed by atoms with E-state index in [1.54, 1.807) is 0 Å². The summed E-state index contributed by atoms with van der Waals surface area (Å²) in [7, 11) is -4.21. The van der Waals surface area contributed by atoms with E-state index in [1.807, 2.05) is 6.92 Å². The number of nitrogens with one attached hydrogen (secondary N) is 2. The third kappa shape index (κ3) is 7.34. The van der Waals surface area contributed by atoms with Crippen LogP contribution in [0.5, 0.6) is 0 Å². The van der Waals surface area contributed by atoms with Gasteiger partial charge in [-0.1, -0.05) is 18.5 Å². The first-order valence-corrected chi connectivity index (χ1v) is 12.0. The molecule has 0 unspecified atom stereocenters. The minimum atomic E-state index is -5.34.